The van der Waals surface area contributed by atoms with Crippen molar-refractivity contribution in [2.24, 2.45) is 0 Å². The minimum atomic E-state index is -0.790. The zero-order chi connectivity index (χ0) is 17.0. The summed E-state index contributed by atoms with van der Waals surface area (Å²) < 4.78 is 10.4. The van der Waals surface area contributed by atoms with E-state index in [-0.39, 0.29) is 5.69 Å². The van der Waals surface area contributed by atoms with E-state index in [1.807, 2.05) is 0 Å². The van der Waals surface area contributed by atoms with Gasteiger partial charge in [0.2, 0.25) is 0 Å². The van der Waals surface area contributed by atoms with Crippen molar-refractivity contribution in [1.82, 2.24) is 15.4 Å². The van der Waals surface area contributed by atoms with Gasteiger partial charge in [-0.05, 0) is 41.5 Å². The number of hydrogen-bond donors (Lipinski definition) is 1. The molecule has 0 bridgehead atoms. The standard InChI is InChI=1S/C14H22N4O4/c1-13(2,3)21-11(19)17-18(10-7-15-9-16-8-10)12(20)22-14(4,5)6/h7-9H,1-6H3,(H,17,19). The topological polar surface area (TPSA) is 93.7 Å². The highest BCUT2D eigenvalue weighted by molar-refractivity contribution is 5.90. The minimum absolute atomic E-state index is 0.252. The van der Waals surface area contributed by atoms with Gasteiger partial charge in [0.05, 0.1) is 12.4 Å². The van der Waals surface area contributed by atoms with E-state index in [0.29, 0.717) is 0 Å². The van der Waals surface area contributed by atoms with Crippen molar-refractivity contribution >= 4 is 17.9 Å². The molecule has 8 heteroatoms. The lowest BCUT2D eigenvalue weighted by molar-refractivity contribution is 0.0425. The summed E-state index contributed by atoms with van der Waals surface area (Å²) in [7, 11) is 0. The summed E-state index contributed by atoms with van der Waals surface area (Å²) >= 11 is 0. The van der Waals surface area contributed by atoms with Gasteiger partial charge in [-0.2, -0.15) is 5.01 Å². The van der Waals surface area contributed by atoms with Crippen LogP contribution in [0.4, 0.5) is 15.3 Å². The highest BCUT2D eigenvalue weighted by atomic mass is 16.6. The quantitative estimate of drug-likeness (QED) is 0.801. The molecule has 8 nitrogen and oxygen atoms in total. The van der Waals surface area contributed by atoms with E-state index < -0.39 is 23.4 Å². The van der Waals surface area contributed by atoms with Crippen LogP contribution in [0, 0.1) is 0 Å². The van der Waals surface area contributed by atoms with E-state index in [4.69, 9.17) is 9.47 Å². The van der Waals surface area contributed by atoms with Gasteiger partial charge in [0.15, 0.2) is 0 Å². The van der Waals surface area contributed by atoms with Gasteiger partial charge >= 0.3 is 12.2 Å². The Kier molecular flexibility index (Phi) is 5.29. The number of aromatic nitrogens is 2. The lowest BCUT2D eigenvalue weighted by Crippen LogP contribution is -2.50. The van der Waals surface area contributed by atoms with Crippen LogP contribution in [0.2, 0.25) is 0 Å². The molecule has 0 saturated heterocycles. The highest BCUT2D eigenvalue weighted by Gasteiger charge is 2.27. The van der Waals surface area contributed by atoms with E-state index in [0.717, 1.165) is 5.01 Å². The monoisotopic (exact) mass is 310 g/mol. The van der Waals surface area contributed by atoms with Crippen molar-refractivity contribution in [3.05, 3.63) is 18.7 Å². The fourth-order valence-corrected chi connectivity index (χ4v) is 1.32. The molecular weight excluding hydrogens is 288 g/mol. The average molecular weight is 310 g/mol. The zero-order valence-electron chi connectivity index (χ0n) is 13.7. The molecule has 0 atom stereocenters. The van der Waals surface area contributed by atoms with Crippen molar-refractivity contribution < 1.29 is 19.1 Å². The van der Waals surface area contributed by atoms with Gasteiger partial charge in [-0.1, -0.05) is 0 Å². The maximum absolute atomic E-state index is 12.2. The predicted octanol–water partition coefficient (Wildman–Crippen LogP) is 2.66. The molecule has 2 amide bonds. The molecule has 0 radical (unpaired) electrons. The maximum Gasteiger partial charge on any atom is 0.434 e. The summed E-state index contributed by atoms with van der Waals surface area (Å²) in [4.78, 5) is 31.8. The maximum atomic E-state index is 12.2. The largest absolute Gasteiger partial charge is 0.443 e. The first-order valence-electron chi connectivity index (χ1n) is 6.76. The minimum Gasteiger partial charge on any atom is -0.443 e. The van der Waals surface area contributed by atoms with Crippen molar-refractivity contribution in [1.29, 1.82) is 0 Å². The van der Waals surface area contributed by atoms with E-state index in [1.54, 1.807) is 41.5 Å². The van der Waals surface area contributed by atoms with Gasteiger partial charge in [0.1, 0.15) is 23.2 Å². The summed E-state index contributed by atoms with van der Waals surface area (Å²) in [5, 5.41) is 0.902. The third kappa shape index (κ3) is 6.38. The summed E-state index contributed by atoms with van der Waals surface area (Å²) in [6.07, 6.45) is 2.49. The molecule has 1 aromatic heterocycles. The SMILES string of the molecule is CC(C)(C)OC(=O)NN(C(=O)OC(C)(C)C)c1cncnc1. The van der Waals surface area contributed by atoms with Crippen LogP contribution in [0.15, 0.2) is 18.7 Å². The molecule has 1 N–H and O–H groups in total. The highest BCUT2D eigenvalue weighted by Crippen LogP contribution is 2.15. The Morgan fingerprint density at radius 1 is 1.00 bits per heavy atom. The number of amides is 2. The van der Waals surface area contributed by atoms with Crippen molar-refractivity contribution in [3.63, 3.8) is 0 Å². The first-order valence-corrected chi connectivity index (χ1v) is 6.76. The molecule has 22 heavy (non-hydrogen) atoms. The molecule has 122 valence electrons. The van der Waals surface area contributed by atoms with E-state index in [1.165, 1.54) is 18.7 Å². The molecular formula is C14H22N4O4. The molecule has 1 rings (SSSR count). The van der Waals surface area contributed by atoms with Crippen LogP contribution in [0.1, 0.15) is 41.5 Å². The zero-order valence-corrected chi connectivity index (χ0v) is 13.7. The Bertz CT molecular complexity index is 520. The first kappa shape index (κ1) is 17.7. The van der Waals surface area contributed by atoms with E-state index in [9.17, 15) is 9.59 Å². The fraction of sp³-hybridized carbons (Fsp3) is 0.571. The second-order valence-electron chi connectivity index (χ2n) is 6.53. The van der Waals surface area contributed by atoms with Gasteiger partial charge in [-0.25, -0.2) is 25.0 Å². The number of ether oxygens (including phenoxy) is 2. The molecule has 1 aromatic rings. The second-order valence-corrected chi connectivity index (χ2v) is 6.53. The van der Waals surface area contributed by atoms with Crippen LogP contribution >= 0.6 is 0 Å². The van der Waals surface area contributed by atoms with Crippen LogP contribution in [-0.2, 0) is 9.47 Å². The number of hydrazine groups is 1. The molecule has 0 unspecified atom stereocenters. The number of carbonyl (C=O) groups excluding carboxylic acids is 2. The summed E-state index contributed by atoms with van der Waals surface area (Å²) in [6, 6.07) is 0. The number of rotatable bonds is 1. The number of hydrogen-bond acceptors (Lipinski definition) is 6. The Hall–Kier alpha value is -2.38. The van der Waals surface area contributed by atoms with Crippen LogP contribution in [0.3, 0.4) is 0 Å². The molecule has 0 aliphatic heterocycles. The smallest absolute Gasteiger partial charge is 0.434 e. The summed E-state index contributed by atoms with van der Waals surface area (Å²) in [5.74, 6) is 0. The number of anilines is 1. The number of carbonyl (C=O) groups is 2. The number of nitrogens with one attached hydrogen (secondary N) is 1. The number of nitrogens with zero attached hydrogens (tertiary/aromatic N) is 3. The lowest BCUT2D eigenvalue weighted by atomic mass is 10.2. The lowest BCUT2D eigenvalue weighted by Gasteiger charge is -2.28. The van der Waals surface area contributed by atoms with E-state index >= 15 is 0 Å². The molecule has 0 aliphatic rings. The van der Waals surface area contributed by atoms with Crippen molar-refractivity contribution in [2.75, 3.05) is 5.01 Å². The van der Waals surface area contributed by atoms with Crippen LogP contribution in [0.25, 0.3) is 0 Å². The second kappa shape index (κ2) is 6.59. The van der Waals surface area contributed by atoms with Gasteiger partial charge in [0.25, 0.3) is 0 Å². The molecule has 0 aromatic carbocycles. The van der Waals surface area contributed by atoms with Gasteiger partial charge in [0, 0.05) is 0 Å². The van der Waals surface area contributed by atoms with Crippen LogP contribution < -0.4 is 10.4 Å². The summed E-state index contributed by atoms with van der Waals surface area (Å²) in [6.45, 7) is 10.3. The Morgan fingerprint density at radius 3 is 1.95 bits per heavy atom. The van der Waals surface area contributed by atoms with Crippen LogP contribution in [0.5, 0.6) is 0 Å². The summed E-state index contributed by atoms with van der Waals surface area (Å²) in [5.41, 5.74) is 1.16. The average Bonchev–Trinajstić information content (AvgIpc) is 2.32. The van der Waals surface area contributed by atoms with Gasteiger partial charge < -0.3 is 9.47 Å². The van der Waals surface area contributed by atoms with Crippen molar-refractivity contribution in [3.8, 4) is 0 Å². The first-order chi connectivity index (χ1) is 9.98. The predicted molar refractivity (Wildman–Crippen MR) is 80.1 cm³/mol. The van der Waals surface area contributed by atoms with Gasteiger partial charge in [-0.3, -0.25) is 0 Å². The van der Waals surface area contributed by atoms with Gasteiger partial charge in [-0.15, -0.1) is 0 Å². The third-order valence-electron chi connectivity index (χ3n) is 1.98. The van der Waals surface area contributed by atoms with E-state index in [2.05, 4.69) is 15.4 Å². The Balaban J connectivity index is 2.93. The molecule has 0 aliphatic carbocycles. The Morgan fingerprint density at radius 2 is 1.50 bits per heavy atom. The molecule has 1 heterocycles. The fourth-order valence-electron chi connectivity index (χ4n) is 1.32. The Labute approximate surface area is 129 Å². The normalized spacial score (nSPS) is 11.5. The van der Waals surface area contributed by atoms with Crippen molar-refractivity contribution in [2.45, 2.75) is 52.7 Å². The molecule has 0 spiro atoms. The molecule has 0 saturated carbocycles. The molecule has 0 fully saturated rings. The third-order valence-corrected chi connectivity index (χ3v) is 1.98. The van der Waals surface area contributed by atoms with Crippen LogP contribution in [-0.4, -0.2) is 33.4 Å².